The summed E-state index contributed by atoms with van der Waals surface area (Å²) in [7, 11) is 0. The van der Waals surface area contributed by atoms with Crippen LogP contribution in [0.5, 0.6) is 0 Å². The van der Waals surface area contributed by atoms with E-state index in [1.165, 1.54) is 42.5 Å². The van der Waals surface area contributed by atoms with E-state index in [0.29, 0.717) is 5.56 Å². The predicted molar refractivity (Wildman–Crippen MR) is 83.6 cm³/mol. The maximum atomic E-state index is 12.9. The molecule has 7 nitrogen and oxygen atoms in total. The lowest BCUT2D eigenvalue weighted by Gasteiger charge is -2.15. The smallest absolute Gasteiger partial charge is 0.270 e. The summed E-state index contributed by atoms with van der Waals surface area (Å²) in [6.07, 6.45) is 0.0796. The number of carbonyl (C=O) groups excluding carboxylic acids is 2. The van der Waals surface area contributed by atoms with E-state index in [0.717, 1.165) is 6.07 Å². The van der Waals surface area contributed by atoms with Gasteiger partial charge in [-0.1, -0.05) is 18.2 Å². The number of rotatable bonds is 6. The average Bonchev–Trinajstić information content (AvgIpc) is 2.56. The predicted octanol–water partition coefficient (Wildman–Crippen LogP) is 1.56. The highest BCUT2D eigenvalue weighted by molar-refractivity contribution is 5.97. The molecule has 2 aromatic rings. The molecular weight excluding hydrogens is 317 g/mol. The van der Waals surface area contributed by atoms with Gasteiger partial charge < -0.3 is 11.1 Å². The van der Waals surface area contributed by atoms with Gasteiger partial charge in [0.2, 0.25) is 5.91 Å². The average molecular weight is 331 g/mol. The Balaban J connectivity index is 2.13. The topological polar surface area (TPSA) is 115 Å². The lowest BCUT2D eigenvalue weighted by Crippen LogP contribution is -2.45. The fourth-order valence-corrected chi connectivity index (χ4v) is 2.08. The second-order valence-corrected chi connectivity index (χ2v) is 5.07. The van der Waals surface area contributed by atoms with Crippen LogP contribution in [0.25, 0.3) is 0 Å². The van der Waals surface area contributed by atoms with Crippen molar-refractivity contribution < 1.29 is 18.9 Å². The number of primary amides is 1. The maximum Gasteiger partial charge on any atom is 0.270 e. The molecule has 3 N–H and O–H groups in total. The first kappa shape index (κ1) is 17.1. The first-order chi connectivity index (χ1) is 11.4. The van der Waals surface area contributed by atoms with E-state index in [9.17, 15) is 24.1 Å². The summed E-state index contributed by atoms with van der Waals surface area (Å²) in [5.41, 5.74) is 5.69. The van der Waals surface area contributed by atoms with Crippen molar-refractivity contribution >= 4 is 17.5 Å². The van der Waals surface area contributed by atoms with Gasteiger partial charge in [-0.15, -0.1) is 0 Å². The third-order valence-corrected chi connectivity index (χ3v) is 3.32. The van der Waals surface area contributed by atoms with Crippen molar-refractivity contribution in [1.29, 1.82) is 0 Å². The Hall–Kier alpha value is -3.29. The lowest BCUT2D eigenvalue weighted by molar-refractivity contribution is -0.384. The minimum absolute atomic E-state index is 0.0366. The molecule has 0 heterocycles. The quantitative estimate of drug-likeness (QED) is 0.617. The fourth-order valence-electron chi connectivity index (χ4n) is 2.08. The molecule has 124 valence electrons. The van der Waals surface area contributed by atoms with Crippen molar-refractivity contribution in [3.8, 4) is 0 Å². The van der Waals surface area contributed by atoms with Gasteiger partial charge >= 0.3 is 0 Å². The molecule has 2 amide bonds. The summed E-state index contributed by atoms with van der Waals surface area (Å²) in [4.78, 5) is 33.8. The molecule has 1 atom stereocenters. The number of nitro benzene ring substituents is 1. The van der Waals surface area contributed by atoms with Crippen LogP contribution in [-0.2, 0) is 11.2 Å². The number of benzene rings is 2. The van der Waals surface area contributed by atoms with Crippen molar-refractivity contribution in [2.75, 3.05) is 0 Å². The minimum Gasteiger partial charge on any atom is -0.368 e. The summed E-state index contributed by atoms with van der Waals surface area (Å²) in [6, 6.07) is 9.50. The molecule has 0 aliphatic rings. The monoisotopic (exact) mass is 331 g/mol. The van der Waals surface area contributed by atoms with Crippen LogP contribution in [-0.4, -0.2) is 22.8 Å². The van der Waals surface area contributed by atoms with E-state index in [1.54, 1.807) is 0 Å². The standard InChI is InChI=1S/C16H14FN3O4/c17-12-6-4-10(5-7-12)8-14(15(18)21)19-16(22)11-2-1-3-13(9-11)20(23)24/h1-7,9,14H,8H2,(H2,18,21)(H,19,22)/t14-/m1/s1. The first-order valence-corrected chi connectivity index (χ1v) is 6.96. The molecule has 0 saturated heterocycles. The summed E-state index contributed by atoms with van der Waals surface area (Å²) in [5, 5.41) is 13.2. The number of hydrogen-bond acceptors (Lipinski definition) is 4. The Morgan fingerprint density at radius 2 is 1.88 bits per heavy atom. The third-order valence-electron chi connectivity index (χ3n) is 3.32. The molecular formula is C16H14FN3O4. The Morgan fingerprint density at radius 1 is 1.21 bits per heavy atom. The molecule has 0 unspecified atom stereocenters. The second kappa shape index (κ2) is 7.32. The largest absolute Gasteiger partial charge is 0.368 e. The number of nitro groups is 1. The minimum atomic E-state index is -1.03. The highest BCUT2D eigenvalue weighted by Gasteiger charge is 2.20. The number of non-ortho nitro benzene ring substituents is 1. The molecule has 0 aliphatic carbocycles. The highest BCUT2D eigenvalue weighted by Crippen LogP contribution is 2.13. The summed E-state index contributed by atoms with van der Waals surface area (Å²) >= 11 is 0. The van der Waals surface area contributed by atoms with E-state index < -0.39 is 28.6 Å². The summed E-state index contributed by atoms with van der Waals surface area (Å²) in [5.74, 6) is -1.85. The molecule has 2 aromatic carbocycles. The van der Waals surface area contributed by atoms with Gasteiger partial charge in [0.15, 0.2) is 0 Å². The number of hydrogen-bond donors (Lipinski definition) is 2. The van der Waals surface area contributed by atoms with Gasteiger partial charge in [0.05, 0.1) is 4.92 Å². The van der Waals surface area contributed by atoms with Crippen LogP contribution in [0.3, 0.4) is 0 Å². The molecule has 0 aromatic heterocycles. The van der Waals surface area contributed by atoms with Crippen molar-refractivity contribution in [3.63, 3.8) is 0 Å². The van der Waals surface area contributed by atoms with E-state index in [2.05, 4.69) is 5.32 Å². The molecule has 0 bridgehead atoms. The van der Waals surface area contributed by atoms with Gasteiger partial charge in [0.25, 0.3) is 11.6 Å². The Labute approximate surface area is 136 Å². The van der Waals surface area contributed by atoms with Crippen LogP contribution in [0.15, 0.2) is 48.5 Å². The molecule has 0 fully saturated rings. The van der Waals surface area contributed by atoms with E-state index in [-0.39, 0.29) is 17.7 Å². The van der Waals surface area contributed by atoms with Crippen LogP contribution < -0.4 is 11.1 Å². The van der Waals surface area contributed by atoms with Gasteiger partial charge in [-0.05, 0) is 23.8 Å². The Bertz CT molecular complexity index is 777. The number of halogens is 1. The number of nitrogens with one attached hydrogen (secondary N) is 1. The van der Waals surface area contributed by atoms with Crippen molar-refractivity contribution in [3.05, 3.63) is 75.6 Å². The fraction of sp³-hybridized carbons (Fsp3) is 0.125. The molecule has 0 spiro atoms. The van der Waals surface area contributed by atoms with Gasteiger partial charge in [-0.25, -0.2) is 4.39 Å². The Morgan fingerprint density at radius 3 is 2.46 bits per heavy atom. The SMILES string of the molecule is NC(=O)[C@@H](Cc1ccc(F)cc1)NC(=O)c1cccc([N+](=O)[O-])c1. The van der Waals surface area contributed by atoms with E-state index in [1.807, 2.05) is 0 Å². The van der Waals surface area contributed by atoms with Crippen LogP contribution in [0.2, 0.25) is 0 Å². The maximum absolute atomic E-state index is 12.9. The Kier molecular flexibility index (Phi) is 5.20. The molecule has 24 heavy (non-hydrogen) atoms. The molecule has 0 radical (unpaired) electrons. The van der Waals surface area contributed by atoms with Crippen molar-refractivity contribution in [2.45, 2.75) is 12.5 Å². The van der Waals surface area contributed by atoms with Crippen molar-refractivity contribution in [1.82, 2.24) is 5.32 Å². The van der Waals surface area contributed by atoms with Crippen LogP contribution in [0, 0.1) is 15.9 Å². The molecule has 8 heteroatoms. The van der Waals surface area contributed by atoms with Crippen molar-refractivity contribution in [2.24, 2.45) is 5.73 Å². The van der Waals surface area contributed by atoms with E-state index >= 15 is 0 Å². The summed E-state index contributed by atoms with van der Waals surface area (Å²) < 4.78 is 12.9. The highest BCUT2D eigenvalue weighted by atomic mass is 19.1. The summed E-state index contributed by atoms with van der Waals surface area (Å²) in [6.45, 7) is 0. The van der Waals surface area contributed by atoms with Crippen LogP contribution >= 0.6 is 0 Å². The second-order valence-electron chi connectivity index (χ2n) is 5.07. The molecule has 2 rings (SSSR count). The zero-order valence-corrected chi connectivity index (χ0v) is 12.4. The van der Waals surface area contributed by atoms with Crippen LogP contribution in [0.4, 0.5) is 10.1 Å². The number of nitrogens with two attached hydrogens (primary N) is 1. The number of amides is 2. The van der Waals surface area contributed by atoms with Gasteiger partial charge in [-0.3, -0.25) is 19.7 Å². The van der Waals surface area contributed by atoms with Gasteiger partial charge in [-0.2, -0.15) is 0 Å². The normalized spacial score (nSPS) is 11.5. The first-order valence-electron chi connectivity index (χ1n) is 6.96. The van der Waals surface area contributed by atoms with Gasteiger partial charge in [0.1, 0.15) is 11.9 Å². The zero-order chi connectivity index (χ0) is 17.7. The number of carbonyl (C=O) groups is 2. The van der Waals surface area contributed by atoms with Crippen LogP contribution in [0.1, 0.15) is 15.9 Å². The van der Waals surface area contributed by atoms with Gasteiger partial charge in [0, 0.05) is 24.1 Å². The zero-order valence-electron chi connectivity index (χ0n) is 12.4. The molecule has 0 aliphatic heterocycles. The lowest BCUT2D eigenvalue weighted by atomic mass is 10.0. The third kappa shape index (κ3) is 4.35. The number of nitrogens with zero attached hydrogens (tertiary/aromatic N) is 1. The molecule has 0 saturated carbocycles. The van der Waals surface area contributed by atoms with E-state index in [4.69, 9.17) is 5.73 Å².